The smallest absolute Gasteiger partial charge is 0.306 e. The number of carbonyl (C=O) groups is 2. The van der Waals surface area contributed by atoms with Crippen LogP contribution in [0.5, 0.6) is 0 Å². The van der Waals surface area contributed by atoms with E-state index in [9.17, 15) is 14.7 Å². The minimum absolute atomic E-state index is 0.0603. The van der Waals surface area contributed by atoms with E-state index in [1.165, 1.54) is 308 Å². The number of hydrogen-bond acceptors (Lipinski definition) is 5. The van der Waals surface area contributed by atoms with E-state index in [4.69, 9.17) is 9.47 Å². The second-order valence-electron chi connectivity index (χ2n) is 25.7. The molecule has 0 amide bonds. The maximum atomic E-state index is 12.4. The Balaban J connectivity index is 3.39. The van der Waals surface area contributed by atoms with Crippen molar-refractivity contribution in [3.05, 3.63) is 72.9 Å². The zero-order chi connectivity index (χ0) is 61.2. The Labute approximate surface area is 531 Å². The third-order valence-corrected chi connectivity index (χ3v) is 17.3. The first-order chi connectivity index (χ1) is 42.1. The molecule has 0 heterocycles. The maximum Gasteiger partial charge on any atom is 0.306 e. The topological polar surface area (TPSA) is 72.8 Å². The first kappa shape index (κ1) is 82.3. The molecule has 5 heteroatoms. The predicted octanol–water partition coefficient (Wildman–Crippen LogP) is 26.6. The quantitative estimate of drug-likeness (QED) is 0.0373. The third kappa shape index (κ3) is 73.7. The fraction of sp³-hybridized carbons (Fsp3) is 0.825. The minimum atomic E-state index is -0.772. The molecule has 85 heavy (non-hydrogen) atoms. The van der Waals surface area contributed by atoms with Gasteiger partial charge in [-0.15, -0.1) is 0 Å². The van der Waals surface area contributed by atoms with Crippen LogP contribution in [0.3, 0.4) is 0 Å². The van der Waals surface area contributed by atoms with Crippen LogP contribution in [-0.2, 0) is 19.1 Å². The van der Waals surface area contributed by atoms with Gasteiger partial charge in [0.25, 0.3) is 0 Å². The summed E-state index contributed by atoms with van der Waals surface area (Å²) < 4.78 is 10.8. The van der Waals surface area contributed by atoms with E-state index in [-0.39, 0.29) is 25.2 Å². The molecule has 1 N–H and O–H groups in total. The summed E-state index contributed by atoms with van der Waals surface area (Å²) in [5.74, 6) is -0.566. The molecule has 0 aliphatic carbocycles. The van der Waals surface area contributed by atoms with Crippen molar-refractivity contribution >= 4 is 11.9 Å². The molecule has 1 unspecified atom stereocenters. The van der Waals surface area contributed by atoms with Gasteiger partial charge in [0, 0.05) is 12.8 Å². The van der Waals surface area contributed by atoms with Gasteiger partial charge in [0.2, 0.25) is 0 Å². The highest BCUT2D eigenvalue weighted by molar-refractivity contribution is 5.70. The fourth-order valence-electron chi connectivity index (χ4n) is 11.6. The highest BCUT2D eigenvalue weighted by Crippen LogP contribution is 2.19. The number of rotatable bonds is 71. The van der Waals surface area contributed by atoms with Crippen LogP contribution in [0.1, 0.15) is 406 Å². The molecule has 0 fully saturated rings. The van der Waals surface area contributed by atoms with Gasteiger partial charge in [-0.05, 0) is 64.2 Å². The molecule has 0 bridgehead atoms. The lowest BCUT2D eigenvalue weighted by Crippen LogP contribution is -2.28. The van der Waals surface area contributed by atoms with Gasteiger partial charge in [-0.25, -0.2) is 0 Å². The molecule has 1 atom stereocenters. The number of ether oxygens (including phenoxy) is 2. The summed E-state index contributed by atoms with van der Waals surface area (Å²) in [6.45, 7) is 4.09. The number of hydrogen-bond donors (Lipinski definition) is 1. The van der Waals surface area contributed by atoms with Gasteiger partial charge in [0.15, 0.2) is 6.10 Å². The summed E-state index contributed by atoms with van der Waals surface area (Å²) in [6.07, 6.45) is 105. The predicted molar refractivity (Wildman–Crippen MR) is 376 cm³/mol. The summed E-state index contributed by atoms with van der Waals surface area (Å²) in [4.78, 5) is 24.7. The number of carbonyl (C=O) groups excluding carboxylic acids is 2. The number of esters is 2. The second-order valence-corrected chi connectivity index (χ2v) is 25.7. The Kier molecular flexibility index (Phi) is 73.2. The van der Waals surface area contributed by atoms with Crippen molar-refractivity contribution in [2.24, 2.45) is 0 Å². The molecule has 0 aromatic rings. The van der Waals surface area contributed by atoms with Gasteiger partial charge in [-0.1, -0.05) is 401 Å². The Bertz CT molecular complexity index is 1490. The molecule has 0 saturated heterocycles. The highest BCUT2D eigenvalue weighted by Gasteiger charge is 2.16. The average Bonchev–Trinajstić information content (AvgIpc) is 3.51. The summed E-state index contributed by atoms with van der Waals surface area (Å²) in [7, 11) is 0. The lowest BCUT2D eigenvalue weighted by molar-refractivity contribution is -0.161. The molecule has 0 aliphatic rings. The van der Waals surface area contributed by atoms with Gasteiger partial charge in [-0.2, -0.15) is 0 Å². The molecule has 0 aromatic heterocycles. The monoisotopic (exact) mass is 1190 g/mol. The molecule has 0 saturated carbocycles. The number of aliphatic hydroxyl groups is 1. The van der Waals surface area contributed by atoms with Crippen molar-refractivity contribution in [2.75, 3.05) is 13.2 Å². The van der Waals surface area contributed by atoms with Gasteiger partial charge >= 0.3 is 11.9 Å². The van der Waals surface area contributed by atoms with Crippen LogP contribution in [-0.4, -0.2) is 36.4 Å². The van der Waals surface area contributed by atoms with Crippen LogP contribution in [0, 0.1) is 0 Å². The summed E-state index contributed by atoms with van der Waals surface area (Å²) >= 11 is 0. The van der Waals surface area contributed by atoms with Crippen molar-refractivity contribution in [2.45, 2.75) is 412 Å². The van der Waals surface area contributed by atoms with Gasteiger partial charge < -0.3 is 14.6 Å². The van der Waals surface area contributed by atoms with Gasteiger partial charge in [-0.3, -0.25) is 9.59 Å². The van der Waals surface area contributed by atoms with Crippen molar-refractivity contribution < 1.29 is 24.2 Å². The van der Waals surface area contributed by atoms with E-state index < -0.39 is 6.10 Å². The number of aliphatic hydroxyl groups excluding tert-OH is 1. The highest BCUT2D eigenvalue weighted by atomic mass is 16.6. The summed E-state index contributed by atoms with van der Waals surface area (Å²) in [5.41, 5.74) is 0. The Morgan fingerprint density at radius 3 is 0.765 bits per heavy atom. The molecule has 0 radical (unpaired) electrons. The van der Waals surface area contributed by atoms with Crippen molar-refractivity contribution in [3.63, 3.8) is 0 Å². The lowest BCUT2D eigenvalue weighted by Gasteiger charge is -2.15. The van der Waals surface area contributed by atoms with E-state index in [1.807, 2.05) is 0 Å². The van der Waals surface area contributed by atoms with E-state index in [0.717, 1.165) is 70.6 Å². The Morgan fingerprint density at radius 2 is 0.506 bits per heavy atom. The fourth-order valence-corrected chi connectivity index (χ4v) is 11.6. The van der Waals surface area contributed by atoms with Gasteiger partial charge in [0.05, 0.1) is 6.61 Å². The molecular formula is C80H146O5. The van der Waals surface area contributed by atoms with Crippen molar-refractivity contribution in [1.29, 1.82) is 0 Å². The first-order valence-electron chi connectivity index (χ1n) is 38.0. The van der Waals surface area contributed by atoms with Crippen molar-refractivity contribution in [3.8, 4) is 0 Å². The average molecular weight is 1190 g/mol. The van der Waals surface area contributed by atoms with Crippen LogP contribution < -0.4 is 0 Å². The molecule has 5 nitrogen and oxygen atoms in total. The summed E-state index contributed by atoms with van der Waals surface area (Å²) in [5, 5.41) is 9.72. The van der Waals surface area contributed by atoms with Crippen LogP contribution in [0.25, 0.3) is 0 Å². The maximum absolute atomic E-state index is 12.4. The van der Waals surface area contributed by atoms with E-state index in [2.05, 4.69) is 86.8 Å². The molecular weight excluding hydrogens is 1040 g/mol. The normalized spacial score (nSPS) is 12.6. The van der Waals surface area contributed by atoms with Gasteiger partial charge in [0.1, 0.15) is 6.61 Å². The minimum Gasteiger partial charge on any atom is -0.462 e. The van der Waals surface area contributed by atoms with E-state index in [0.29, 0.717) is 12.8 Å². The molecule has 0 spiro atoms. The second kappa shape index (κ2) is 75.6. The molecule has 0 rings (SSSR count). The Hall–Kier alpha value is -2.66. The number of allylic oxidation sites excluding steroid dienone is 12. The largest absolute Gasteiger partial charge is 0.462 e. The third-order valence-electron chi connectivity index (χ3n) is 17.3. The summed E-state index contributed by atoms with van der Waals surface area (Å²) in [6, 6.07) is 0. The zero-order valence-electron chi connectivity index (χ0n) is 57.1. The van der Waals surface area contributed by atoms with Crippen LogP contribution in [0.4, 0.5) is 0 Å². The molecule has 496 valence electrons. The first-order valence-corrected chi connectivity index (χ1v) is 38.0. The van der Waals surface area contributed by atoms with E-state index in [1.54, 1.807) is 0 Å². The Morgan fingerprint density at radius 1 is 0.282 bits per heavy atom. The molecule has 0 aromatic carbocycles. The zero-order valence-corrected chi connectivity index (χ0v) is 57.1. The SMILES string of the molecule is CC/C=C\C/C=C\C/C=C\C/C=C\C/C=C\C/C=C\CCCCCCCCCCCCCCCCCCCCCCC(=O)OC(CO)COC(=O)CCCCCCCCCCCCCCCCCCCCCCCCCCCCCCCCCC. The molecule has 0 aliphatic heterocycles. The standard InChI is InChI=1S/C80H146O5/c1-3-5-7-9-11-13-15-17-19-21-23-25-27-29-31-33-35-37-38-39-40-41-42-43-45-47-49-51-53-55-57-59-61-63-65-67-69-71-73-75-80(83)85-78(76-81)77-84-79(82)74-72-70-68-66-64-62-60-58-56-54-52-50-48-46-44-36-34-32-30-28-26-24-22-20-18-16-14-12-10-8-6-4-2/h5,7,11,13,17,19,23,25,29,31,35,37,78,81H,3-4,6,8-10,12,14-16,18,20-22,24,26-28,30,32-34,36,38-77H2,1-2H3/b7-5-,13-11-,19-17-,25-23-,31-29-,37-35-. The lowest BCUT2D eigenvalue weighted by atomic mass is 10.0. The van der Waals surface area contributed by atoms with E-state index >= 15 is 0 Å². The van der Waals surface area contributed by atoms with Crippen molar-refractivity contribution in [1.82, 2.24) is 0 Å². The van der Waals surface area contributed by atoms with Crippen LogP contribution >= 0.6 is 0 Å². The van der Waals surface area contributed by atoms with Crippen LogP contribution in [0.15, 0.2) is 72.9 Å². The number of unbranched alkanes of at least 4 members (excludes halogenated alkanes) is 51. The van der Waals surface area contributed by atoms with Crippen LogP contribution in [0.2, 0.25) is 0 Å².